The van der Waals surface area contributed by atoms with E-state index in [-0.39, 0.29) is 30.1 Å². The van der Waals surface area contributed by atoms with E-state index in [1.165, 1.54) is 0 Å². The maximum absolute atomic E-state index is 12.5. The van der Waals surface area contributed by atoms with Crippen molar-refractivity contribution in [2.45, 2.75) is 32.3 Å². The molecule has 2 aliphatic heterocycles. The molecule has 3 atom stereocenters. The maximum Gasteiger partial charge on any atom is 0.230 e. The Bertz CT molecular complexity index is 619. The Morgan fingerprint density at radius 3 is 2.92 bits per heavy atom. The van der Waals surface area contributed by atoms with Gasteiger partial charge < -0.3 is 20.1 Å². The van der Waals surface area contributed by atoms with Crippen LogP contribution in [-0.2, 0) is 14.3 Å². The highest BCUT2D eigenvalue weighted by Crippen LogP contribution is 2.23. The molecule has 0 radical (unpaired) electrons. The highest BCUT2D eigenvalue weighted by Gasteiger charge is 2.33. The molecule has 2 amide bonds. The number of pyridine rings is 1. The van der Waals surface area contributed by atoms with Gasteiger partial charge in [-0.2, -0.15) is 0 Å². The van der Waals surface area contributed by atoms with Gasteiger partial charge in [-0.25, -0.2) is 4.98 Å². The number of carbonyl (C=O) groups excluding carboxylic acids is 2. The lowest BCUT2D eigenvalue weighted by Crippen LogP contribution is -2.44. The van der Waals surface area contributed by atoms with Crippen LogP contribution in [0, 0.1) is 18.8 Å². The molecule has 3 rings (SSSR count). The van der Waals surface area contributed by atoms with Crippen molar-refractivity contribution in [1.82, 2.24) is 9.88 Å². The zero-order valence-electron chi connectivity index (χ0n) is 14.5. The summed E-state index contributed by atoms with van der Waals surface area (Å²) in [5, 5.41) is 12.6. The van der Waals surface area contributed by atoms with Gasteiger partial charge in [0.1, 0.15) is 5.82 Å². The van der Waals surface area contributed by atoms with Crippen LogP contribution >= 0.6 is 0 Å². The molecule has 7 nitrogen and oxygen atoms in total. The summed E-state index contributed by atoms with van der Waals surface area (Å²) in [6.07, 6.45) is 2.97. The largest absolute Gasteiger partial charge is 0.390 e. The molecule has 2 saturated heterocycles. The minimum Gasteiger partial charge on any atom is -0.390 e. The van der Waals surface area contributed by atoms with Crippen LogP contribution < -0.4 is 5.32 Å². The van der Waals surface area contributed by atoms with Crippen molar-refractivity contribution in [2.24, 2.45) is 11.8 Å². The second-order valence-corrected chi connectivity index (χ2v) is 6.96. The molecule has 1 aromatic rings. The number of nitrogens with one attached hydrogen (secondary N) is 1. The van der Waals surface area contributed by atoms with Crippen molar-refractivity contribution < 1.29 is 19.4 Å². The molecule has 0 bridgehead atoms. The average molecular weight is 347 g/mol. The van der Waals surface area contributed by atoms with Gasteiger partial charge in [-0.3, -0.25) is 9.59 Å². The summed E-state index contributed by atoms with van der Waals surface area (Å²) in [6.45, 7) is 3.74. The second-order valence-electron chi connectivity index (χ2n) is 6.96. The topological polar surface area (TPSA) is 91.8 Å². The van der Waals surface area contributed by atoms with Crippen LogP contribution in [0.4, 0.5) is 5.82 Å². The van der Waals surface area contributed by atoms with Gasteiger partial charge in [0.2, 0.25) is 11.8 Å². The number of anilines is 1. The van der Waals surface area contributed by atoms with Gasteiger partial charge in [0.05, 0.1) is 25.2 Å². The number of hydrogen-bond donors (Lipinski definition) is 2. The molecule has 2 fully saturated rings. The van der Waals surface area contributed by atoms with Crippen molar-refractivity contribution in [1.29, 1.82) is 0 Å². The second kappa shape index (κ2) is 7.93. The predicted molar refractivity (Wildman–Crippen MR) is 91.8 cm³/mol. The summed E-state index contributed by atoms with van der Waals surface area (Å²) < 4.78 is 5.20. The summed E-state index contributed by atoms with van der Waals surface area (Å²) >= 11 is 0. The number of rotatable bonds is 4. The van der Waals surface area contributed by atoms with Crippen molar-refractivity contribution in [3.8, 4) is 0 Å². The van der Waals surface area contributed by atoms with Crippen molar-refractivity contribution in [3.63, 3.8) is 0 Å². The van der Waals surface area contributed by atoms with Gasteiger partial charge in [0.15, 0.2) is 0 Å². The third-order valence-electron chi connectivity index (χ3n) is 4.91. The fraction of sp³-hybridized carbons (Fsp3) is 0.611. The van der Waals surface area contributed by atoms with Gasteiger partial charge in [-0.15, -0.1) is 0 Å². The molecule has 7 heteroatoms. The smallest absolute Gasteiger partial charge is 0.230 e. The minimum absolute atomic E-state index is 0.0134. The van der Waals surface area contributed by atoms with Gasteiger partial charge >= 0.3 is 0 Å². The molecular weight excluding hydrogens is 322 g/mol. The van der Waals surface area contributed by atoms with Crippen LogP contribution in [0.25, 0.3) is 0 Å². The number of aliphatic hydroxyl groups is 1. The Hall–Kier alpha value is -1.99. The number of aromatic nitrogens is 1. The van der Waals surface area contributed by atoms with Crippen LogP contribution in [-0.4, -0.2) is 59.2 Å². The minimum atomic E-state index is -0.569. The lowest BCUT2D eigenvalue weighted by molar-refractivity contribution is -0.136. The highest BCUT2D eigenvalue weighted by molar-refractivity contribution is 5.92. The molecule has 136 valence electrons. The standard InChI is InChI=1S/C18H25N3O4/c1-12-4-5-16(19-8-12)20-18(24)13-3-2-6-21(9-13)17(23)7-14-10-25-11-15(14)22/h4-5,8,13-15,22H,2-3,6-7,9-11H2,1H3,(H,19,20,24)/t13?,14-,15-/m1/s1. The fourth-order valence-corrected chi connectivity index (χ4v) is 3.32. The molecule has 1 aromatic heterocycles. The Labute approximate surface area is 147 Å². The predicted octanol–water partition coefficient (Wildman–Crippen LogP) is 0.965. The summed E-state index contributed by atoms with van der Waals surface area (Å²) in [4.78, 5) is 30.9. The first-order chi connectivity index (χ1) is 12.0. The highest BCUT2D eigenvalue weighted by atomic mass is 16.5. The van der Waals surface area contributed by atoms with E-state index in [2.05, 4.69) is 10.3 Å². The van der Waals surface area contributed by atoms with E-state index in [9.17, 15) is 14.7 Å². The van der Waals surface area contributed by atoms with E-state index in [1.807, 2.05) is 13.0 Å². The SMILES string of the molecule is Cc1ccc(NC(=O)C2CCCN(C(=O)C[C@@H]3COC[C@H]3O)C2)nc1. The molecule has 2 aliphatic rings. The molecular formula is C18H25N3O4. The Balaban J connectivity index is 1.53. The molecule has 25 heavy (non-hydrogen) atoms. The van der Waals surface area contributed by atoms with E-state index in [1.54, 1.807) is 17.2 Å². The van der Waals surface area contributed by atoms with Gasteiger partial charge in [0.25, 0.3) is 0 Å². The Kier molecular flexibility index (Phi) is 5.65. The molecule has 3 heterocycles. The lowest BCUT2D eigenvalue weighted by Gasteiger charge is -2.32. The molecule has 0 aliphatic carbocycles. The number of likely N-dealkylation sites (tertiary alicyclic amines) is 1. The maximum atomic E-state index is 12.5. The quantitative estimate of drug-likeness (QED) is 0.847. The van der Waals surface area contributed by atoms with Gasteiger partial charge in [-0.05, 0) is 31.4 Å². The number of piperidine rings is 1. The Morgan fingerprint density at radius 1 is 1.40 bits per heavy atom. The zero-order chi connectivity index (χ0) is 17.8. The zero-order valence-corrected chi connectivity index (χ0v) is 14.5. The van der Waals surface area contributed by atoms with E-state index in [4.69, 9.17) is 4.74 Å². The van der Waals surface area contributed by atoms with Crippen molar-refractivity contribution in [2.75, 3.05) is 31.6 Å². The summed E-state index contributed by atoms with van der Waals surface area (Å²) in [6, 6.07) is 3.68. The summed E-state index contributed by atoms with van der Waals surface area (Å²) in [5.74, 6) is 0.0490. The fourth-order valence-electron chi connectivity index (χ4n) is 3.32. The van der Waals surface area contributed by atoms with Crippen LogP contribution in [0.1, 0.15) is 24.8 Å². The average Bonchev–Trinajstić information content (AvgIpc) is 3.02. The first kappa shape index (κ1) is 17.8. The number of ether oxygens (including phenoxy) is 1. The van der Waals surface area contributed by atoms with E-state index >= 15 is 0 Å². The third-order valence-corrected chi connectivity index (χ3v) is 4.91. The number of aliphatic hydroxyl groups excluding tert-OH is 1. The summed E-state index contributed by atoms with van der Waals surface area (Å²) in [7, 11) is 0. The lowest BCUT2D eigenvalue weighted by atomic mass is 9.95. The first-order valence-electron chi connectivity index (χ1n) is 8.80. The molecule has 1 unspecified atom stereocenters. The third kappa shape index (κ3) is 4.55. The number of carbonyl (C=O) groups is 2. The normalized spacial score (nSPS) is 26.5. The number of amides is 2. The van der Waals surface area contributed by atoms with Crippen molar-refractivity contribution in [3.05, 3.63) is 23.9 Å². The molecule has 2 N–H and O–H groups in total. The monoisotopic (exact) mass is 347 g/mol. The van der Waals surface area contributed by atoms with Crippen LogP contribution in [0.3, 0.4) is 0 Å². The number of nitrogens with zero attached hydrogens (tertiary/aromatic N) is 2. The van der Waals surface area contributed by atoms with Crippen LogP contribution in [0.5, 0.6) is 0 Å². The van der Waals surface area contributed by atoms with Gasteiger partial charge in [-0.1, -0.05) is 6.07 Å². The first-order valence-corrected chi connectivity index (χ1v) is 8.80. The van der Waals surface area contributed by atoms with Gasteiger partial charge in [0, 0.05) is 31.6 Å². The van der Waals surface area contributed by atoms with E-state index < -0.39 is 6.10 Å². The van der Waals surface area contributed by atoms with E-state index in [0.717, 1.165) is 18.4 Å². The number of aryl methyl sites for hydroxylation is 1. The molecule has 0 spiro atoms. The van der Waals surface area contributed by atoms with Crippen LogP contribution in [0.15, 0.2) is 18.3 Å². The summed E-state index contributed by atoms with van der Waals surface area (Å²) in [5.41, 5.74) is 1.03. The van der Waals surface area contributed by atoms with Crippen molar-refractivity contribution >= 4 is 17.6 Å². The Morgan fingerprint density at radius 2 is 2.24 bits per heavy atom. The van der Waals surface area contributed by atoms with Crippen LogP contribution in [0.2, 0.25) is 0 Å². The molecule has 0 saturated carbocycles. The molecule has 0 aromatic carbocycles. The number of hydrogen-bond acceptors (Lipinski definition) is 5. The van der Waals surface area contributed by atoms with E-state index in [0.29, 0.717) is 32.1 Å².